The number of hydrogen-bond donors (Lipinski definition) is 0. The van der Waals surface area contributed by atoms with Crippen molar-refractivity contribution in [3.05, 3.63) is 114 Å². The van der Waals surface area contributed by atoms with Crippen molar-refractivity contribution in [2.45, 2.75) is 19.9 Å². The van der Waals surface area contributed by atoms with Crippen molar-refractivity contribution < 1.29 is 23.5 Å². The summed E-state index contributed by atoms with van der Waals surface area (Å²) in [5, 5.41) is 0.419. The van der Waals surface area contributed by atoms with Crippen LogP contribution in [0, 0.1) is 0 Å². The number of hydrogen-bond acceptors (Lipinski definition) is 8. The van der Waals surface area contributed by atoms with E-state index in [4.69, 9.17) is 25.5 Å². The van der Waals surface area contributed by atoms with Crippen molar-refractivity contribution in [2.24, 2.45) is 4.99 Å². The van der Waals surface area contributed by atoms with Gasteiger partial charge in [-0.3, -0.25) is 9.36 Å². The largest absolute Gasteiger partial charge is 0.465 e. The Labute approximate surface area is 232 Å². The monoisotopic (exact) mass is 562 g/mol. The molecule has 2 aromatic carbocycles. The summed E-state index contributed by atoms with van der Waals surface area (Å²) in [6, 6.07) is 16.6. The van der Waals surface area contributed by atoms with Gasteiger partial charge in [0.2, 0.25) is 0 Å². The molecule has 5 rings (SSSR count). The number of methoxy groups -OCH3 is 1. The molecule has 0 saturated heterocycles. The molecule has 0 spiro atoms. The van der Waals surface area contributed by atoms with Gasteiger partial charge in [-0.05, 0) is 49.7 Å². The van der Waals surface area contributed by atoms with Gasteiger partial charge in [0.05, 0.1) is 35.1 Å². The van der Waals surface area contributed by atoms with E-state index in [2.05, 4.69) is 4.99 Å². The molecule has 1 atom stereocenters. The van der Waals surface area contributed by atoms with E-state index in [1.54, 1.807) is 80.6 Å². The van der Waals surface area contributed by atoms with Crippen molar-refractivity contribution in [3.8, 4) is 11.3 Å². The van der Waals surface area contributed by atoms with Crippen molar-refractivity contribution in [1.29, 1.82) is 0 Å². The molecule has 2 aromatic heterocycles. The van der Waals surface area contributed by atoms with E-state index in [-0.39, 0.29) is 17.7 Å². The first-order valence-corrected chi connectivity index (χ1v) is 13.2. The van der Waals surface area contributed by atoms with Crippen molar-refractivity contribution in [3.63, 3.8) is 0 Å². The normalized spacial score (nSPS) is 15.1. The smallest absolute Gasteiger partial charge is 0.338 e. The van der Waals surface area contributed by atoms with Crippen LogP contribution in [0.25, 0.3) is 17.4 Å². The first kappa shape index (κ1) is 26.4. The fourth-order valence-electron chi connectivity index (χ4n) is 4.39. The first-order chi connectivity index (χ1) is 18.8. The van der Waals surface area contributed by atoms with E-state index >= 15 is 0 Å². The van der Waals surface area contributed by atoms with E-state index < -0.39 is 18.0 Å². The highest BCUT2D eigenvalue weighted by molar-refractivity contribution is 7.07. The van der Waals surface area contributed by atoms with Crippen molar-refractivity contribution in [1.82, 2.24) is 4.57 Å². The van der Waals surface area contributed by atoms with Crippen LogP contribution in [0.1, 0.15) is 41.6 Å². The van der Waals surface area contributed by atoms with Gasteiger partial charge < -0.3 is 13.9 Å². The van der Waals surface area contributed by atoms with Crippen LogP contribution in [-0.2, 0) is 14.3 Å². The highest BCUT2D eigenvalue weighted by atomic mass is 35.5. The number of nitrogens with zero attached hydrogens (tertiary/aromatic N) is 2. The maximum Gasteiger partial charge on any atom is 0.338 e. The molecule has 198 valence electrons. The highest BCUT2D eigenvalue weighted by Gasteiger charge is 2.34. The van der Waals surface area contributed by atoms with E-state index in [9.17, 15) is 14.4 Å². The van der Waals surface area contributed by atoms with E-state index in [0.29, 0.717) is 42.7 Å². The predicted molar refractivity (Wildman–Crippen MR) is 147 cm³/mol. The summed E-state index contributed by atoms with van der Waals surface area (Å²) in [7, 11) is 1.33. The lowest BCUT2D eigenvalue weighted by Crippen LogP contribution is -2.40. The number of ether oxygens (including phenoxy) is 2. The number of allylic oxidation sites excluding steroid dienone is 1. The maximum atomic E-state index is 13.7. The minimum atomic E-state index is -0.795. The summed E-state index contributed by atoms with van der Waals surface area (Å²) in [4.78, 5) is 43.4. The molecule has 0 fully saturated rings. The molecular weight excluding hydrogens is 540 g/mol. The van der Waals surface area contributed by atoms with Crippen LogP contribution in [-0.4, -0.2) is 30.2 Å². The average molecular weight is 563 g/mol. The van der Waals surface area contributed by atoms with Gasteiger partial charge in [0.1, 0.15) is 17.6 Å². The van der Waals surface area contributed by atoms with Crippen LogP contribution < -0.4 is 14.9 Å². The number of carbonyl (C=O) groups is 2. The number of aromatic nitrogens is 1. The predicted octanol–water partition coefficient (Wildman–Crippen LogP) is 4.50. The molecule has 4 aromatic rings. The Morgan fingerprint density at radius 3 is 2.54 bits per heavy atom. The number of thiazole rings is 1. The molecule has 0 N–H and O–H groups in total. The summed E-state index contributed by atoms with van der Waals surface area (Å²) in [6.45, 7) is 3.62. The number of furan rings is 1. The Balaban J connectivity index is 1.58. The van der Waals surface area contributed by atoms with E-state index in [0.717, 1.165) is 5.56 Å². The molecule has 0 unspecified atom stereocenters. The summed E-state index contributed by atoms with van der Waals surface area (Å²) in [5.41, 5.74) is 2.18. The molecule has 1 aliphatic heterocycles. The molecule has 0 bridgehead atoms. The third-order valence-corrected chi connectivity index (χ3v) is 7.53. The van der Waals surface area contributed by atoms with Crippen LogP contribution in [0.3, 0.4) is 0 Å². The quantitative estimate of drug-likeness (QED) is 0.321. The lowest BCUT2D eigenvalue weighted by molar-refractivity contribution is -0.139. The minimum Gasteiger partial charge on any atom is -0.465 e. The number of fused-ring (bicyclic) bond motifs is 1. The molecule has 0 radical (unpaired) electrons. The van der Waals surface area contributed by atoms with Gasteiger partial charge in [-0.2, -0.15) is 0 Å². The van der Waals surface area contributed by atoms with Crippen LogP contribution >= 0.6 is 22.9 Å². The van der Waals surface area contributed by atoms with Gasteiger partial charge >= 0.3 is 11.9 Å². The van der Waals surface area contributed by atoms with E-state index in [1.165, 1.54) is 23.0 Å². The third-order valence-electron chi connectivity index (χ3n) is 6.21. The molecule has 0 aliphatic carbocycles. The minimum absolute atomic E-state index is 0.182. The van der Waals surface area contributed by atoms with Crippen molar-refractivity contribution >= 4 is 41.0 Å². The Morgan fingerprint density at radius 1 is 1.10 bits per heavy atom. The second-order valence-corrected chi connectivity index (χ2v) is 10.0. The van der Waals surface area contributed by atoms with Gasteiger partial charge in [-0.1, -0.05) is 53.3 Å². The second-order valence-electron chi connectivity index (χ2n) is 8.59. The van der Waals surface area contributed by atoms with Crippen LogP contribution in [0.5, 0.6) is 0 Å². The van der Waals surface area contributed by atoms with Gasteiger partial charge in [-0.15, -0.1) is 0 Å². The van der Waals surface area contributed by atoms with Crippen LogP contribution in [0.4, 0.5) is 0 Å². The maximum absolute atomic E-state index is 13.7. The van der Waals surface area contributed by atoms with Crippen LogP contribution in [0.2, 0.25) is 5.02 Å². The topological polar surface area (TPSA) is 100 Å². The SMILES string of the molecule is CCOC(=O)C1=C(C)N=c2s/c(=C\c3ccc(-c4ccc(C(=O)OC)cc4)o3)c(=O)n2[C@@H]1c1ccccc1Cl. The first-order valence-electron chi connectivity index (χ1n) is 12.0. The fourth-order valence-corrected chi connectivity index (χ4v) is 5.65. The Bertz CT molecular complexity index is 1800. The number of carbonyl (C=O) groups excluding carboxylic acids is 2. The number of esters is 2. The van der Waals surface area contributed by atoms with E-state index in [1.807, 2.05) is 0 Å². The second kappa shape index (κ2) is 10.9. The average Bonchev–Trinajstić information content (AvgIpc) is 3.52. The standard InChI is InChI=1S/C29H23ClN2O6S/c1-4-37-28(35)24-16(2)31-29-32(25(24)20-7-5-6-8-21(20)30)26(33)23(39-29)15-19-13-14-22(38-19)17-9-11-18(12-10-17)27(34)36-3/h5-15,25H,4H2,1-3H3/b23-15-/t25-/m1/s1. The molecule has 10 heteroatoms. The Kier molecular flexibility index (Phi) is 7.36. The highest BCUT2D eigenvalue weighted by Crippen LogP contribution is 2.34. The third kappa shape index (κ3) is 4.98. The molecule has 0 saturated carbocycles. The van der Waals surface area contributed by atoms with Gasteiger partial charge in [0, 0.05) is 16.7 Å². The number of rotatable bonds is 6. The lowest BCUT2D eigenvalue weighted by Gasteiger charge is -2.25. The zero-order valence-corrected chi connectivity index (χ0v) is 22.8. The lowest BCUT2D eigenvalue weighted by atomic mass is 9.96. The van der Waals surface area contributed by atoms with Gasteiger partial charge in [0.25, 0.3) is 5.56 Å². The van der Waals surface area contributed by atoms with Crippen molar-refractivity contribution in [2.75, 3.05) is 13.7 Å². The van der Waals surface area contributed by atoms with Gasteiger partial charge in [0.15, 0.2) is 4.80 Å². The Morgan fingerprint density at radius 2 is 1.85 bits per heavy atom. The molecular formula is C29H23ClN2O6S. The molecule has 8 nitrogen and oxygen atoms in total. The molecule has 0 amide bonds. The summed E-state index contributed by atoms with van der Waals surface area (Å²) in [6.07, 6.45) is 1.64. The van der Waals surface area contributed by atoms with Gasteiger partial charge in [-0.25, -0.2) is 14.6 Å². The fraction of sp³-hybridized carbons (Fsp3) is 0.172. The summed E-state index contributed by atoms with van der Waals surface area (Å²) < 4.78 is 17.9. The Hall–Kier alpha value is -4.21. The molecule has 1 aliphatic rings. The number of benzene rings is 2. The zero-order valence-electron chi connectivity index (χ0n) is 21.3. The molecule has 3 heterocycles. The number of halogens is 1. The van der Waals surface area contributed by atoms with Crippen LogP contribution in [0.15, 0.2) is 86.1 Å². The summed E-state index contributed by atoms with van der Waals surface area (Å²) in [5.74, 6) is 0.0584. The summed E-state index contributed by atoms with van der Waals surface area (Å²) >= 11 is 7.73. The zero-order chi connectivity index (χ0) is 27.7. The molecule has 39 heavy (non-hydrogen) atoms.